The van der Waals surface area contributed by atoms with Gasteiger partial charge in [-0.15, -0.1) is 7.92 Å². The maximum atomic E-state index is 2.37. The average Bonchev–Trinajstić information content (AvgIpc) is 1.93. The lowest BCUT2D eigenvalue weighted by Crippen LogP contribution is -1.80. The molecule has 0 N–H and O–H groups in total. The Morgan fingerprint density at radius 1 is 1.11 bits per heavy atom. The third-order valence-electron chi connectivity index (χ3n) is 1.15. The summed E-state index contributed by atoms with van der Waals surface area (Å²) < 4.78 is 0. The van der Waals surface area contributed by atoms with Crippen LogP contribution in [0, 0.1) is 0 Å². The van der Waals surface area contributed by atoms with Gasteiger partial charge in [0, 0.05) is 0 Å². The van der Waals surface area contributed by atoms with Gasteiger partial charge in [-0.2, -0.15) is 0 Å². The molecule has 0 aromatic heterocycles. The Morgan fingerprint density at radius 3 is 1.67 bits per heavy atom. The second-order valence-corrected chi connectivity index (χ2v) is 4.69. The lowest BCUT2D eigenvalue weighted by atomic mass is 10.6. The molecule has 0 radical (unpaired) electrons. The van der Waals surface area contributed by atoms with Crippen molar-refractivity contribution in [3.8, 4) is 0 Å². The van der Waals surface area contributed by atoms with Gasteiger partial charge in [-0.25, -0.2) is 0 Å². The fourth-order valence-electron chi connectivity index (χ4n) is 0.540. The highest BCUT2D eigenvalue weighted by Crippen LogP contribution is 2.29. The van der Waals surface area contributed by atoms with Crippen molar-refractivity contribution in [3.05, 3.63) is 0 Å². The van der Waals surface area contributed by atoms with E-state index in [9.17, 15) is 0 Å². The Bertz CT molecular complexity index is 35.5. The number of rotatable bonds is 3. The van der Waals surface area contributed by atoms with Gasteiger partial charge in [-0.3, -0.25) is 0 Å². The summed E-state index contributed by atoms with van der Waals surface area (Å²) in [5, 5.41) is 0. The highest BCUT2D eigenvalue weighted by molar-refractivity contribution is 7.56. The van der Waals surface area contributed by atoms with Crippen LogP contribution in [-0.4, -0.2) is 19.0 Å². The molecule has 0 spiro atoms. The maximum Gasteiger partial charge on any atom is -0.0331 e. The third kappa shape index (κ3) is 11.8. The molecule has 58 valence electrons. The summed E-state index contributed by atoms with van der Waals surface area (Å²) in [6.07, 6.45) is 4.24. The van der Waals surface area contributed by atoms with Crippen LogP contribution in [0.15, 0.2) is 0 Å². The van der Waals surface area contributed by atoms with Crippen molar-refractivity contribution < 1.29 is 0 Å². The third-order valence-corrected chi connectivity index (χ3v) is 3.44. The molecule has 0 aliphatic rings. The monoisotopic (exact) mass is 148 g/mol. The van der Waals surface area contributed by atoms with E-state index in [0.29, 0.717) is 7.92 Å². The molecule has 0 nitrogen and oxygen atoms in total. The van der Waals surface area contributed by atoms with Crippen LogP contribution >= 0.6 is 7.92 Å². The Labute approximate surface area is 61.8 Å². The number of hydrogen-bond donors (Lipinski definition) is 0. The molecule has 1 heteroatoms. The van der Waals surface area contributed by atoms with Crippen LogP contribution in [0.5, 0.6) is 0 Å². The fourth-order valence-corrected chi connectivity index (χ4v) is 1.62. The molecule has 0 aromatic carbocycles. The van der Waals surface area contributed by atoms with E-state index in [1.54, 1.807) is 0 Å². The molecule has 0 aromatic rings. The first-order valence-corrected chi connectivity index (χ1v) is 6.15. The highest BCUT2D eigenvalue weighted by atomic mass is 31.1. The molecule has 0 saturated heterocycles. The summed E-state index contributed by atoms with van der Waals surface area (Å²) in [7, 11) is 0.422. The molecule has 0 bridgehead atoms. The van der Waals surface area contributed by atoms with Crippen molar-refractivity contribution in [2.75, 3.05) is 19.0 Å². The van der Waals surface area contributed by atoms with Crippen molar-refractivity contribution in [1.29, 1.82) is 0 Å². The summed E-state index contributed by atoms with van der Waals surface area (Å²) >= 11 is 0. The lowest BCUT2D eigenvalue weighted by Gasteiger charge is -2.04. The molecular weight excluding hydrogens is 127 g/mol. The second kappa shape index (κ2) is 11.3. The quantitative estimate of drug-likeness (QED) is 0.537. The van der Waals surface area contributed by atoms with E-state index in [0.717, 1.165) is 0 Å². The Morgan fingerprint density at radius 2 is 1.56 bits per heavy atom. The highest BCUT2D eigenvalue weighted by Gasteiger charge is 1.91. The smallest absolute Gasteiger partial charge is 0.0331 e. The number of hydrogen-bond acceptors (Lipinski definition) is 0. The maximum absolute atomic E-state index is 2.37. The molecular formula is C8H21P. The largest absolute Gasteiger partial charge is 0.110 e. The molecule has 0 amide bonds. The van der Waals surface area contributed by atoms with E-state index in [-0.39, 0.29) is 0 Å². The SMILES string of the molecule is CC.CCCP(C)CC. The topological polar surface area (TPSA) is 0 Å². The molecule has 0 rings (SSSR count). The van der Waals surface area contributed by atoms with Crippen LogP contribution in [-0.2, 0) is 0 Å². The fraction of sp³-hybridized carbons (Fsp3) is 1.00. The van der Waals surface area contributed by atoms with E-state index in [4.69, 9.17) is 0 Å². The van der Waals surface area contributed by atoms with Crippen molar-refractivity contribution in [2.24, 2.45) is 0 Å². The first kappa shape index (κ1) is 12.1. The van der Waals surface area contributed by atoms with E-state index >= 15 is 0 Å². The lowest BCUT2D eigenvalue weighted by molar-refractivity contribution is 1.09. The van der Waals surface area contributed by atoms with Crippen LogP contribution in [0.3, 0.4) is 0 Å². The van der Waals surface area contributed by atoms with Gasteiger partial charge in [0.25, 0.3) is 0 Å². The van der Waals surface area contributed by atoms with E-state index in [1.807, 2.05) is 13.8 Å². The zero-order valence-electron chi connectivity index (χ0n) is 7.57. The summed E-state index contributed by atoms with van der Waals surface area (Å²) in [4.78, 5) is 0. The van der Waals surface area contributed by atoms with Gasteiger partial charge >= 0.3 is 0 Å². The Hall–Kier alpha value is 0.430. The van der Waals surface area contributed by atoms with Gasteiger partial charge in [0.2, 0.25) is 0 Å². The molecule has 0 aliphatic carbocycles. The normalized spacial score (nSPS) is 11.7. The van der Waals surface area contributed by atoms with Crippen LogP contribution in [0.2, 0.25) is 0 Å². The Balaban J connectivity index is 0. The summed E-state index contributed by atoms with van der Waals surface area (Å²) in [6.45, 7) is 10.9. The molecule has 1 atom stereocenters. The average molecular weight is 148 g/mol. The van der Waals surface area contributed by atoms with Crippen molar-refractivity contribution in [2.45, 2.75) is 34.1 Å². The second-order valence-electron chi connectivity index (χ2n) is 1.90. The predicted molar refractivity (Wildman–Crippen MR) is 49.9 cm³/mol. The first-order chi connectivity index (χ1) is 4.31. The van der Waals surface area contributed by atoms with Gasteiger partial charge in [0.15, 0.2) is 0 Å². The summed E-state index contributed by atoms with van der Waals surface area (Å²) in [6, 6.07) is 0. The molecule has 0 aliphatic heterocycles. The minimum absolute atomic E-state index is 0.422. The Kier molecular flexibility index (Phi) is 15.2. The van der Waals surface area contributed by atoms with E-state index in [1.165, 1.54) is 18.7 Å². The summed E-state index contributed by atoms with van der Waals surface area (Å²) in [5.74, 6) is 0. The zero-order chi connectivity index (χ0) is 7.70. The van der Waals surface area contributed by atoms with E-state index < -0.39 is 0 Å². The van der Waals surface area contributed by atoms with E-state index in [2.05, 4.69) is 20.5 Å². The summed E-state index contributed by atoms with van der Waals surface area (Å²) in [5.41, 5.74) is 0. The van der Waals surface area contributed by atoms with Crippen molar-refractivity contribution in [1.82, 2.24) is 0 Å². The predicted octanol–water partition coefficient (Wildman–Crippen LogP) is 3.55. The standard InChI is InChI=1S/C6H15P.C2H6/c1-4-6-7(3)5-2;1-2/h4-6H2,1-3H3;1-2H3. The van der Waals surface area contributed by atoms with Crippen molar-refractivity contribution in [3.63, 3.8) is 0 Å². The van der Waals surface area contributed by atoms with Gasteiger partial charge < -0.3 is 0 Å². The molecule has 0 fully saturated rings. The van der Waals surface area contributed by atoms with Crippen molar-refractivity contribution >= 4 is 7.92 Å². The molecule has 0 heterocycles. The molecule has 9 heavy (non-hydrogen) atoms. The van der Waals surface area contributed by atoms with Gasteiger partial charge in [-0.1, -0.05) is 34.1 Å². The minimum Gasteiger partial charge on any atom is -0.110 e. The van der Waals surface area contributed by atoms with Gasteiger partial charge in [0.05, 0.1) is 0 Å². The minimum atomic E-state index is 0.422. The molecule has 0 saturated carbocycles. The van der Waals surface area contributed by atoms with Gasteiger partial charge in [-0.05, 0) is 19.0 Å². The van der Waals surface area contributed by atoms with Crippen LogP contribution in [0.4, 0.5) is 0 Å². The van der Waals surface area contributed by atoms with Gasteiger partial charge in [0.1, 0.15) is 0 Å². The molecule has 1 unspecified atom stereocenters. The van der Waals surface area contributed by atoms with Crippen LogP contribution in [0.1, 0.15) is 34.1 Å². The van der Waals surface area contributed by atoms with Crippen LogP contribution in [0.25, 0.3) is 0 Å². The zero-order valence-corrected chi connectivity index (χ0v) is 8.46. The van der Waals surface area contributed by atoms with Crippen LogP contribution < -0.4 is 0 Å². The first-order valence-electron chi connectivity index (χ1n) is 3.99.